The fourth-order valence-corrected chi connectivity index (χ4v) is 3.89. The minimum atomic E-state index is 0. The molecule has 0 bridgehead atoms. The SMILES string of the molecule is Cl.NC1CCCN(C(=O)C2CCN(C(=O)N3CCCC3)CC2)C1. The Morgan fingerprint density at radius 2 is 1.35 bits per heavy atom. The third kappa shape index (κ3) is 4.29. The van der Waals surface area contributed by atoms with E-state index in [1.54, 1.807) is 0 Å². The van der Waals surface area contributed by atoms with Gasteiger partial charge in [0.05, 0.1) is 0 Å². The molecule has 0 aromatic rings. The summed E-state index contributed by atoms with van der Waals surface area (Å²) in [5, 5.41) is 0. The lowest BCUT2D eigenvalue weighted by Gasteiger charge is -2.38. The Bertz CT molecular complexity index is 420. The zero-order valence-electron chi connectivity index (χ0n) is 13.8. The van der Waals surface area contributed by atoms with Gasteiger partial charge in [-0.15, -0.1) is 12.4 Å². The number of amides is 3. The maximum absolute atomic E-state index is 12.6. The molecule has 132 valence electrons. The first kappa shape index (κ1) is 18.3. The number of rotatable bonds is 1. The average molecular weight is 345 g/mol. The highest BCUT2D eigenvalue weighted by molar-refractivity contribution is 5.85. The van der Waals surface area contributed by atoms with Gasteiger partial charge in [0.25, 0.3) is 0 Å². The molecule has 3 rings (SSSR count). The third-order valence-electron chi connectivity index (χ3n) is 5.26. The largest absolute Gasteiger partial charge is 0.341 e. The number of piperidine rings is 2. The number of nitrogens with two attached hydrogens (primary N) is 1. The molecule has 3 aliphatic heterocycles. The van der Waals surface area contributed by atoms with Gasteiger partial charge < -0.3 is 20.4 Å². The number of urea groups is 1. The van der Waals surface area contributed by atoms with Crippen LogP contribution in [0.4, 0.5) is 4.79 Å². The highest BCUT2D eigenvalue weighted by atomic mass is 35.5. The van der Waals surface area contributed by atoms with Crippen LogP contribution in [0, 0.1) is 5.92 Å². The molecule has 3 aliphatic rings. The third-order valence-corrected chi connectivity index (χ3v) is 5.26. The van der Waals surface area contributed by atoms with E-state index in [1.165, 1.54) is 0 Å². The highest BCUT2D eigenvalue weighted by Crippen LogP contribution is 2.23. The van der Waals surface area contributed by atoms with Crippen molar-refractivity contribution in [3.05, 3.63) is 0 Å². The van der Waals surface area contributed by atoms with Crippen LogP contribution in [0.1, 0.15) is 38.5 Å². The molecular weight excluding hydrogens is 316 g/mol. The molecule has 0 aromatic heterocycles. The van der Waals surface area contributed by atoms with Gasteiger partial charge >= 0.3 is 6.03 Å². The van der Waals surface area contributed by atoms with Crippen molar-refractivity contribution >= 4 is 24.3 Å². The Labute approximate surface area is 144 Å². The van der Waals surface area contributed by atoms with E-state index in [0.29, 0.717) is 19.6 Å². The molecule has 0 saturated carbocycles. The summed E-state index contributed by atoms with van der Waals surface area (Å²) >= 11 is 0. The van der Waals surface area contributed by atoms with Crippen LogP contribution >= 0.6 is 12.4 Å². The van der Waals surface area contributed by atoms with Gasteiger partial charge in [0.15, 0.2) is 0 Å². The number of nitrogens with zero attached hydrogens (tertiary/aromatic N) is 3. The van der Waals surface area contributed by atoms with Crippen LogP contribution < -0.4 is 5.73 Å². The summed E-state index contributed by atoms with van der Waals surface area (Å²) in [4.78, 5) is 30.8. The van der Waals surface area contributed by atoms with Crippen molar-refractivity contribution in [3.63, 3.8) is 0 Å². The molecule has 3 saturated heterocycles. The second kappa shape index (κ2) is 8.20. The van der Waals surface area contributed by atoms with Gasteiger partial charge in [0, 0.05) is 51.2 Å². The second-order valence-corrected chi connectivity index (χ2v) is 6.92. The van der Waals surface area contributed by atoms with E-state index >= 15 is 0 Å². The van der Waals surface area contributed by atoms with Crippen molar-refractivity contribution in [2.45, 2.75) is 44.6 Å². The number of hydrogen-bond acceptors (Lipinski definition) is 3. The summed E-state index contributed by atoms with van der Waals surface area (Å²) in [6.45, 7) is 4.76. The Morgan fingerprint density at radius 3 is 1.96 bits per heavy atom. The van der Waals surface area contributed by atoms with Crippen LogP contribution in [0.5, 0.6) is 0 Å². The van der Waals surface area contributed by atoms with Crippen molar-refractivity contribution in [1.29, 1.82) is 0 Å². The first-order valence-electron chi connectivity index (χ1n) is 8.73. The van der Waals surface area contributed by atoms with Gasteiger partial charge in [0.1, 0.15) is 0 Å². The van der Waals surface area contributed by atoms with Gasteiger partial charge in [-0.3, -0.25) is 4.79 Å². The van der Waals surface area contributed by atoms with Crippen LogP contribution in [0.3, 0.4) is 0 Å². The maximum atomic E-state index is 12.6. The normalized spacial score (nSPS) is 26.1. The molecule has 1 unspecified atom stereocenters. The van der Waals surface area contributed by atoms with Gasteiger partial charge in [-0.1, -0.05) is 0 Å². The summed E-state index contributed by atoms with van der Waals surface area (Å²) < 4.78 is 0. The number of halogens is 1. The fourth-order valence-electron chi connectivity index (χ4n) is 3.89. The van der Waals surface area contributed by atoms with Crippen molar-refractivity contribution in [3.8, 4) is 0 Å². The van der Waals surface area contributed by atoms with E-state index in [4.69, 9.17) is 5.73 Å². The van der Waals surface area contributed by atoms with Crippen molar-refractivity contribution in [2.75, 3.05) is 39.3 Å². The molecule has 0 aliphatic carbocycles. The molecule has 7 heteroatoms. The summed E-state index contributed by atoms with van der Waals surface area (Å²) in [6.07, 6.45) is 5.87. The van der Waals surface area contributed by atoms with E-state index in [1.807, 2.05) is 14.7 Å². The van der Waals surface area contributed by atoms with Crippen LogP contribution in [-0.2, 0) is 4.79 Å². The lowest BCUT2D eigenvalue weighted by Crippen LogP contribution is -2.51. The maximum Gasteiger partial charge on any atom is 0.319 e. The predicted octanol–water partition coefficient (Wildman–Crippen LogP) is 1.29. The van der Waals surface area contributed by atoms with Crippen LogP contribution in [0.2, 0.25) is 0 Å². The molecule has 3 heterocycles. The zero-order chi connectivity index (χ0) is 15.5. The smallest absolute Gasteiger partial charge is 0.319 e. The van der Waals surface area contributed by atoms with Crippen LogP contribution in [-0.4, -0.2) is 71.9 Å². The Balaban J connectivity index is 0.00000192. The minimum Gasteiger partial charge on any atom is -0.341 e. The molecule has 0 spiro atoms. The van der Waals surface area contributed by atoms with Crippen molar-refractivity contribution in [2.24, 2.45) is 11.7 Å². The van der Waals surface area contributed by atoms with E-state index in [2.05, 4.69) is 0 Å². The van der Waals surface area contributed by atoms with Gasteiger partial charge in [0.2, 0.25) is 5.91 Å². The lowest BCUT2D eigenvalue weighted by atomic mass is 9.94. The molecule has 3 amide bonds. The van der Waals surface area contributed by atoms with Crippen LogP contribution in [0.25, 0.3) is 0 Å². The molecule has 6 nitrogen and oxygen atoms in total. The Kier molecular flexibility index (Phi) is 6.53. The van der Waals surface area contributed by atoms with E-state index in [0.717, 1.165) is 58.2 Å². The van der Waals surface area contributed by atoms with Gasteiger partial charge in [-0.05, 0) is 38.5 Å². The monoisotopic (exact) mass is 344 g/mol. The number of carbonyl (C=O) groups is 2. The topological polar surface area (TPSA) is 69.9 Å². The standard InChI is InChI=1S/C16H28N4O2.ClH/c17-14-4-3-9-20(12-14)15(21)13-5-10-19(11-6-13)16(22)18-7-1-2-8-18;/h13-14H,1-12,17H2;1H. The average Bonchev–Trinajstić information content (AvgIpc) is 3.08. The molecular formula is C16H29ClN4O2. The second-order valence-electron chi connectivity index (χ2n) is 6.92. The molecule has 3 fully saturated rings. The van der Waals surface area contributed by atoms with E-state index < -0.39 is 0 Å². The number of hydrogen-bond donors (Lipinski definition) is 1. The van der Waals surface area contributed by atoms with Gasteiger partial charge in [-0.25, -0.2) is 4.79 Å². The van der Waals surface area contributed by atoms with Crippen molar-refractivity contribution in [1.82, 2.24) is 14.7 Å². The summed E-state index contributed by atoms with van der Waals surface area (Å²) in [7, 11) is 0. The lowest BCUT2D eigenvalue weighted by molar-refractivity contribution is -0.138. The first-order valence-corrected chi connectivity index (χ1v) is 8.73. The van der Waals surface area contributed by atoms with Crippen LogP contribution in [0.15, 0.2) is 0 Å². The van der Waals surface area contributed by atoms with E-state index in [-0.39, 0.29) is 36.3 Å². The van der Waals surface area contributed by atoms with Crippen molar-refractivity contribution < 1.29 is 9.59 Å². The Hall–Kier alpha value is -1.01. The molecule has 0 aromatic carbocycles. The number of carbonyl (C=O) groups excluding carboxylic acids is 2. The molecule has 2 N–H and O–H groups in total. The summed E-state index contributed by atoms with van der Waals surface area (Å²) in [5.41, 5.74) is 5.97. The minimum absolute atomic E-state index is 0. The quantitative estimate of drug-likeness (QED) is 0.779. The summed E-state index contributed by atoms with van der Waals surface area (Å²) in [6, 6.07) is 0.304. The number of likely N-dealkylation sites (tertiary alicyclic amines) is 3. The molecule has 1 atom stereocenters. The molecule has 0 radical (unpaired) electrons. The first-order chi connectivity index (χ1) is 10.6. The Morgan fingerprint density at radius 1 is 0.783 bits per heavy atom. The predicted molar refractivity (Wildman–Crippen MR) is 91.5 cm³/mol. The molecule has 23 heavy (non-hydrogen) atoms. The zero-order valence-corrected chi connectivity index (χ0v) is 14.6. The van der Waals surface area contributed by atoms with Gasteiger partial charge in [-0.2, -0.15) is 0 Å². The fraction of sp³-hybridized carbons (Fsp3) is 0.875. The highest BCUT2D eigenvalue weighted by Gasteiger charge is 2.33. The van der Waals surface area contributed by atoms with E-state index in [9.17, 15) is 9.59 Å². The summed E-state index contributed by atoms with van der Waals surface area (Å²) in [5.74, 6) is 0.330.